The fourth-order valence-corrected chi connectivity index (χ4v) is 2.53. The zero-order valence-corrected chi connectivity index (χ0v) is 14.5. The van der Waals surface area contributed by atoms with Crippen molar-refractivity contribution in [2.24, 2.45) is 0 Å². The van der Waals surface area contributed by atoms with Crippen LogP contribution in [0, 0.1) is 5.82 Å². The Morgan fingerprint density at radius 1 is 1.36 bits per heavy atom. The van der Waals surface area contributed by atoms with Crippen LogP contribution in [0.5, 0.6) is 0 Å². The molecule has 0 spiro atoms. The van der Waals surface area contributed by atoms with Gasteiger partial charge in [0.15, 0.2) is 11.5 Å². The third kappa shape index (κ3) is 3.71. The van der Waals surface area contributed by atoms with E-state index in [2.05, 4.69) is 10.3 Å². The van der Waals surface area contributed by atoms with Crippen LogP contribution in [0.25, 0.3) is 11.3 Å². The second-order valence-electron chi connectivity index (χ2n) is 5.52. The van der Waals surface area contributed by atoms with Crippen molar-refractivity contribution in [1.29, 1.82) is 0 Å². The van der Waals surface area contributed by atoms with Gasteiger partial charge < -0.3 is 9.42 Å². The molecule has 130 valence electrons. The average molecular weight is 363 g/mol. The zero-order valence-electron chi connectivity index (χ0n) is 13.7. The maximum absolute atomic E-state index is 13.0. The number of benzene rings is 1. The van der Waals surface area contributed by atoms with Gasteiger partial charge in [-0.05, 0) is 31.2 Å². The Kier molecular flexibility index (Phi) is 4.85. The van der Waals surface area contributed by atoms with Gasteiger partial charge in [0.25, 0.3) is 5.91 Å². The van der Waals surface area contributed by atoms with Crippen molar-refractivity contribution < 1.29 is 13.7 Å². The minimum absolute atomic E-state index is 0.160. The molecule has 3 rings (SSSR count). The lowest BCUT2D eigenvalue weighted by Crippen LogP contribution is -2.26. The van der Waals surface area contributed by atoms with Crippen molar-refractivity contribution in [3.8, 4) is 11.3 Å². The van der Waals surface area contributed by atoms with Crippen molar-refractivity contribution in [2.75, 3.05) is 7.05 Å². The van der Waals surface area contributed by atoms with Crippen LogP contribution in [0.1, 0.15) is 23.1 Å². The molecule has 1 aromatic carbocycles. The van der Waals surface area contributed by atoms with Gasteiger partial charge >= 0.3 is 0 Å². The number of amides is 1. The lowest BCUT2D eigenvalue weighted by atomic mass is 10.1. The van der Waals surface area contributed by atoms with E-state index in [-0.39, 0.29) is 24.0 Å². The van der Waals surface area contributed by atoms with Crippen LogP contribution in [0.15, 0.2) is 41.1 Å². The van der Waals surface area contributed by atoms with Gasteiger partial charge in [-0.2, -0.15) is 5.10 Å². The largest absolute Gasteiger partial charge is 0.355 e. The van der Waals surface area contributed by atoms with Gasteiger partial charge in [-0.3, -0.25) is 9.48 Å². The number of hydrogen-bond donors (Lipinski definition) is 0. The molecule has 8 heteroatoms. The summed E-state index contributed by atoms with van der Waals surface area (Å²) in [6, 6.07) is 7.28. The summed E-state index contributed by atoms with van der Waals surface area (Å²) >= 11 is 6.13. The maximum atomic E-state index is 13.0. The second-order valence-corrected chi connectivity index (χ2v) is 5.93. The highest BCUT2D eigenvalue weighted by Crippen LogP contribution is 2.22. The number of aromatic nitrogens is 3. The van der Waals surface area contributed by atoms with Crippen LogP contribution in [0.2, 0.25) is 5.02 Å². The summed E-state index contributed by atoms with van der Waals surface area (Å²) in [5.74, 6) is -0.271. The summed E-state index contributed by atoms with van der Waals surface area (Å²) in [6.45, 7) is 2.90. The van der Waals surface area contributed by atoms with E-state index in [1.165, 1.54) is 23.1 Å². The van der Waals surface area contributed by atoms with E-state index in [1.807, 2.05) is 6.92 Å². The van der Waals surface area contributed by atoms with Crippen molar-refractivity contribution in [3.63, 3.8) is 0 Å². The van der Waals surface area contributed by atoms with Crippen LogP contribution < -0.4 is 0 Å². The molecule has 0 radical (unpaired) electrons. The molecule has 0 aliphatic rings. The van der Waals surface area contributed by atoms with Crippen LogP contribution in [0.3, 0.4) is 0 Å². The van der Waals surface area contributed by atoms with E-state index in [1.54, 1.807) is 30.1 Å². The van der Waals surface area contributed by atoms with E-state index < -0.39 is 0 Å². The molecule has 0 bridgehead atoms. The Labute approximate surface area is 148 Å². The van der Waals surface area contributed by atoms with Crippen LogP contribution in [0.4, 0.5) is 4.39 Å². The van der Waals surface area contributed by atoms with E-state index in [0.717, 1.165) is 0 Å². The smallest absolute Gasteiger partial charge is 0.276 e. The Morgan fingerprint density at radius 3 is 2.72 bits per heavy atom. The number of nitrogens with zero attached hydrogens (tertiary/aromatic N) is 4. The van der Waals surface area contributed by atoms with Gasteiger partial charge in [-0.1, -0.05) is 16.8 Å². The fraction of sp³-hybridized carbons (Fsp3) is 0.235. The minimum atomic E-state index is -0.345. The standard InChI is InChI=1S/C17H16ClFN4O2/c1-3-23-9-13(18)15(20-23)10-22(2)17(24)14-8-16(25-21-14)11-4-6-12(19)7-5-11/h4-9H,3,10H2,1-2H3. The monoisotopic (exact) mass is 362 g/mol. The summed E-state index contributed by atoms with van der Waals surface area (Å²) in [4.78, 5) is 14.0. The predicted molar refractivity (Wildman–Crippen MR) is 90.6 cm³/mol. The number of carbonyl (C=O) groups excluding carboxylic acids is 1. The number of carbonyl (C=O) groups is 1. The van der Waals surface area contributed by atoms with Crippen molar-refractivity contribution in [2.45, 2.75) is 20.0 Å². The first-order valence-electron chi connectivity index (χ1n) is 7.68. The molecular formula is C17H16ClFN4O2. The SMILES string of the molecule is CCn1cc(Cl)c(CN(C)C(=O)c2cc(-c3ccc(F)cc3)on2)n1. The molecular weight excluding hydrogens is 347 g/mol. The van der Waals surface area contributed by atoms with E-state index >= 15 is 0 Å². The van der Waals surface area contributed by atoms with Gasteiger partial charge in [0.1, 0.15) is 11.5 Å². The van der Waals surface area contributed by atoms with Crippen LogP contribution in [-0.4, -0.2) is 32.8 Å². The molecule has 0 saturated carbocycles. The first kappa shape index (κ1) is 17.2. The molecule has 6 nitrogen and oxygen atoms in total. The van der Waals surface area contributed by atoms with Crippen molar-refractivity contribution >= 4 is 17.5 Å². The first-order chi connectivity index (χ1) is 12.0. The molecule has 0 unspecified atom stereocenters. The first-order valence-corrected chi connectivity index (χ1v) is 8.05. The Morgan fingerprint density at radius 2 is 2.08 bits per heavy atom. The Balaban J connectivity index is 1.74. The van der Waals surface area contributed by atoms with Crippen molar-refractivity contribution in [3.05, 3.63) is 58.8 Å². The number of halogens is 2. The molecule has 0 atom stereocenters. The summed E-state index contributed by atoms with van der Waals surface area (Å²) in [7, 11) is 1.63. The summed E-state index contributed by atoms with van der Waals surface area (Å²) in [5.41, 5.74) is 1.41. The van der Waals surface area contributed by atoms with Crippen LogP contribution >= 0.6 is 11.6 Å². The lowest BCUT2D eigenvalue weighted by Gasteiger charge is -2.14. The minimum Gasteiger partial charge on any atom is -0.355 e. The van der Waals surface area contributed by atoms with E-state index in [0.29, 0.717) is 28.6 Å². The highest BCUT2D eigenvalue weighted by molar-refractivity contribution is 6.31. The molecule has 0 saturated heterocycles. The van der Waals surface area contributed by atoms with Gasteiger partial charge in [0.05, 0.1) is 11.6 Å². The summed E-state index contributed by atoms with van der Waals surface area (Å²) in [6.07, 6.45) is 1.72. The van der Waals surface area contributed by atoms with Gasteiger partial charge in [-0.15, -0.1) is 0 Å². The van der Waals surface area contributed by atoms with Crippen molar-refractivity contribution in [1.82, 2.24) is 19.8 Å². The number of aryl methyl sites for hydroxylation is 1. The highest BCUT2D eigenvalue weighted by atomic mass is 35.5. The van der Waals surface area contributed by atoms with Gasteiger partial charge in [-0.25, -0.2) is 4.39 Å². The third-order valence-corrected chi connectivity index (χ3v) is 4.02. The molecule has 0 aliphatic carbocycles. The summed E-state index contributed by atoms with van der Waals surface area (Å²) in [5, 5.41) is 8.63. The van der Waals surface area contributed by atoms with E-state index in [9.17, 15) is 9.18 Å². The Bertz CT molecular complexity index is 888. The van der Waals surface area contributed by atoms with Crippen LogP contribution in [-0.2, 0) is 13.1 Å². The highest BCUT2D eigenvalue weighted by Gasteiger charge is 2.20. The molecule has 3 aromatic rings. The molecule has 1 amide bonds. The fourth-order valence-electron chi connectivity index (χ4n) is 2.32. The lowest BCUT2D eigenvalue weighted by molar-refractivity contribution is 0.0773. The normalized spacial score (nSPS) is 10.9. The quantitative estimate of drug-likeness (QED) is 0.695. The summed E-state index contributed by atoms with van der Waals surface area (Å²) < 4.78 is 19.9. The Hall–Kier alpha value is -2.67. The average Bonchev–Trinajstić information content (AvgIpc) is 3.22. The molecule has 0 N–H and O–H groups in total. The molecule has 0 fully saturated rings. The van der Waals surface area contributed by atoms with Gasteiger partial charge in [0.2, 0.25) is 0 Å². The predicted octanol–water partition coefficient (Wildman–Crippen LogP) is 3.62. The topological polar surface area (TPSA) is 64.2 Å². The van der Waals surface area contributed by atoms with Gasteiger partial charge in [0, 0.05) is 31.4 Å². The molecule has 25 heavy (non-hydrogen) atoms. The third-order valence-electron chi connectivity index (χ3n) is 3.70. The zero-order chi connectivity index (χ0) is 18.0. The molecule has 2 aromatic heterocycles. The molecule has 2 heterocycles. The van der Waals surface area contributed by atoms with E-state index in [4.69, 9.17) is 16.1 Å². The second kappa shape index (κ2) is 7.06. The number of rotatable bonds is 5. The maximum Gasteiger partial charge on any atom is 0.276 e. The molecule has 0 aliphatic heterocycles. The number of hydrogen-bond acceptors (Lipinski definition) is 4.